The van der Waals surface area contributed by atoms with Crippen molar-refractivity contribution in [2.75, 3.05) is 37.9 Å². The van der Waals surface area contributed by atoms with Gasteiger partial charge >= 0.3 is 12.1 Å². The summed E-state index contributed by atoms with van der Waals surface area (Å²) in [5.41, 5.74) is -1.38. The van der Waals surface area contributed by atoms with Crippen molar-refractivity contribution in [3.05, 3.63) is 45.9 Å². The van der Waals surface area contributed by atoms with Crippen LogP contribution in [0.1, 0.15) is 147 Å². The summed E-state index contributed by atoms with van der Waals surface area (Å²) in [7, 11) is -4.53. The molecule has 0 bridgehead atoms. The molecule has 0 aromatic heterocycles. The molecular weight excluding hydrogens is 876 g/mol. The van der Waals surface area contributed by atoms with Crippen molar-refractivity contribution in [1.82, 2.24) is 9.21 Å². The van der Waals surface area contributed by atoms with Crippen LogP contribution in [-0.2, 0) is 33.8 Å². The normalized spacial score (nSPS) is 15.9. The summed E-state index contributed by atoms with van der Waals surface area (Å²) < 4.78 is 46.7. The van der Waals surface area contributed by atoms with E-state index in [1.165, 1.54) is 101 Å². The SMILES string of the molecule is CCCCCCCCCCCCOC(=O)c1ccc(NC(=O)C(C2=Nc3c(Cl)cc(Cl)cc3S(=O)(=O)N2CCCOCCCCCCCC)N2C(=O)OC(C)(C)C2=O)c(SC)c1. The van der Waals surface area contributed by atoms with Crippen molar-refractivity contribution in [3.63, 3.8) is 0 Å². The first-order valence-corrected chi connectivity index (χ1v) is 25.5. The van der Waals surface area contributed by atoms with Gasteiger partial charge in [-0.15, -0.1) is 11.8 Å². The van der Waals surface area contributed by atoms with Gasteiger partial charge in [0.25, 0.3) is 21.8 Å². The Morgan fingerprint density at radius 3 is 2.00 bits per heavy atom. The summed E-state index contributed by atoms with van der Waals surface area (Å²) in [6.07, 6.45) is 18.8. The van der Waals surface area contributed by atoms with Crippen molar-refractivity contribution < 1.29 is 41.8 Å². The number of ether oxygens (including phenoxy) is 3. The van der Waals surface area contributed by atoms with Crippen LogP contribution in [0.4, 0.5) is 16.2 Å². The molecule has 4 rings (SSSR count). The van der Waals surface area contributed by atoms with Crippen molar-refractivity contribution in [1.29, 1.82) is 0 Å². The molecule has 0 aliphatic carbocycles. The number of nitrogens with one attached hydrogen (secondary N) is 1. The Balaban J connectivity index is 1.56. The fourth-order valence-electron chi connectivity index (χ4n) is 7.31. The number of esters is 1. The van der Waals surface area contributed by atoms with Crippen LogP contribution in [-0.4, -0.2) is 91.6 Å². The molecule has 3 amide bonds. The van der Waals surface area contributed by atoms with Gasteiger partial charge in [0.1, 0.15) is 10.6 Å². The molecule has 2 aromatic carbocycles. The van der Waals surface area contributed by atoms with Gasteiger partial charge < -0.3 is 19.5 Å². The van der Waals surface area contributed by atoms with Crippen molar-refractivity contribution >= 4 is 86.1 Å². The van der Waals surface area contributed by atoms with Gasteiger partial charge in [-0.3, -0.25) is 13.9 Å². The Labute approximate surface area is 382 Å². The van der Waals surface area contributed by atoms with E-state index in [0.717, 1.165) is 55.7 Å². The fourth-order valence-corrected chi connectivity index (χ4v) is 10.2. The maximum Gasteiger partial charge on any atom is 0.418 e. The van der Waals surface area contributed by atoms with E-state index in [9.17, 15) is 27.6 Å². The number of carbonyl (C=O) groups excluding carboxylic acids is 4. The summed E-state index contributed by atoms with van der Waals surface area (Å²) in [5, 5.41) is 2.70. The molecule has 1 N–H and O–H groups in total. The standard InChI is InChI=1S/C45H64Cl2N4O9S2/c1-6-8-10-12-14-15-16-17-19-21-28-59-42(53)32-23-24-35(36(29-32)61-5)48-41(52)39(51-43(54)45(3,4)60-44(51)55)40-49-38-34(47)30-33(46)31-37(38)62(56,57)50(40)25-22-27-58-26-20-18-13-11-9-7-2/h23-24,29-31,39H,6-22,25-28H2,1-5H3,(H,48,52). The summed E-state index contributed by atoms with van der Waals surface area (Å²) in [5.74, 6) is -2.81. The lowest BCUT2D eigenvalue weighted by atomic mass is 10.1. The van der Waals surface area contributed by atoms with Gasteiger partial charge in [-0.25, -0.2) is 27.9 Å². The van der Waals surface area contributed by atoms with Gasteiger partial charge in [-0.2, -0.15) is 0 Å². The number of aliphatic imine (C=N–C) groups is 1. The van der Waals surface area contributed by atoms with E-state index in [2.05, 4.69) is 24.2 Å². The zero-order chi connectivity index (χ0) is 45.3. The molecular formula is C45H64Cl2N4O9S2. The Hall–Kier alpha value is -3.37. The molecule has 0 saturated carbocycles. The number of nitrogens with zero attached hydrogens (tertiary/aromatic N) is 3. The molecule has 1 atom stereocenters. The highest BCUT2D eigenvalue weighted by molar-refractivity contribution is 7.98. The molecule has 62 heavy (non-hydrogen) atoms. The highest BCUT2D eigenvalue weighted by Gasteiger charge is 2.55. The predicted octanol–water partition coefficient (Wildman–Crippen LogP) is 11.4. The minimum atomic E-state index is -4.53. The van der Waals surface area contributed by atoms with Gasteiger partial charge in [0.15, 0.2) is 17.5 Å². The maximum atomic E-state index is 14.7. The summed E-state index contributed by atoms with van der Waals surface area (Å²) in [6, 6.07) is 5.17. The average Bonchev–Trinajstić information content (AvgIpc) is 3.43. The van der Waals surface area contributed by atoms with Crippen molar-refractivity contribution in [2.45, 2.75) is 158 Å². The number of amides is 3. The largest absolute Gasteiger partial charge is 0.462 e. The zero-order valence-electron chi connectivity index (χ0n) is 36.9. The van der Waals surface area contributed by atoms with E-state index in [0.29, 0.717) is 16.4 Å². The van der Waals surface area contributed by atoms with Crippen LogP contribution in [0.15, 0.2) is 45.1 Å². The molecule has 0 radical (unpaired) electrons. The second kappa shape index (κ2) is 25.2. The van der Waals surface area contributed by atoms with Gasteiger partial charge in [-0.05, 0) is 69.7 Å². The smallest absolute Gasteiger partial charge is 0.418 e. The Morgan fingerprint density at radius 2 is 1.42 bits per heavy atom. The number of fused-ring (bicyclic) bond motifs is 1. The fraction of sp³-hybridized carbons (Fsp3) is 0.622. The lowest BCUT2D eigenvalue weighted by Crippen LogP contribution is -2.59. The molecule has 1 unspecified atom stereocenters. The third-order valence-corrected chi connectivity index (χ3v) is 13.9. The first-order valence-electron chi connectivity index (χ1n) is 22.1. The predicted molar refractivity (Wildman–Crippen MR) is 246 cm³/mol. The molecule has 2 aliphatic heterocycles. The maximum absolute atomic E-state index is 14.7. The topological polar surface area (TPSA) is 161 Å². The van der Waals surface area contributed by atoms with E-state index < -0.39 is 51.4 Å². The quantitative estimate of drug-likeness (QED) is 0.0494. The second-order valence-electron chi connectivity index (χ2n) is 16.2. The van der Waals surface area contributed by atoms with E-state index in [1.54, 1.807) is 12.3 Å². The van der Waals surface area contributed by atoms with Crippen LogP contribution in [0.25, 0.3) is 0 Å². The molecule has 0 spiro atoms. The highest BCUT2D eigenvalue weighted by Crippen LogP contribution is 2.42. The summed E-state index contributed by atoms with van der Waals surface area (Å²) >= 11 is 14.0. The number of anilines is 1. The lowest BCUT2D eigenvalue weighted by Gasteiger charge is -2.35. The number of halogens is 2. The Bertz CT molecular complexity index is 2000. The lowest BCUT2D eigenvalue weighted by molar-refractivity contribution is -0.137. The molecule has 2 aromatic rings. The van der Waals surface area contributed by atoms with E-state index >= 15 is 0 Å². The van der Waals surface area contributed by atoms with Gasteiger partial charge in [-0.1, -0.05) is 127 Å². The number of hydrogen-bond acceptors (Lipinski definition) is 11. The number of imide groups is 1. The first kappa shape index (κ1) is 51.3. The first-order chi connectivity index (χ1) is 29.7. The summed E-state index contributed by atoms with van der Waals surface area (Å²) in [4.78, 5) is 60.5. The van der Waals surface area contributed by atoms with Crippen LogP contribution in [0.5, 0.6) is 0 Å². The number of amidine groups is 1. The zero-order valence-corrected chi connectivity index (χ0v) is 40.0. The molecule has 1 fully saturated rings. The minimum absolute atomic E-state index is 0.0447. The highest BCUT2D eigenvalue weighted by atomic mass is 35.5. The molecule has 13 nitrogen and oxygen atoms in total. The van der Waals surface area contributed by atoms with E-state index in [4.69, 9.17) is 37.4 Å². The molecule has 1 saturated heterocycles. The van der Waals surface area contributed by atoms with Crippen molar-refractivity contribution in [2.24, 2.45) is 4.99 Å². The van der Waals surface area contributed by atoms with Gasteiger partial charge in [0.05, 0.1) is 22.9 Å². The van der Waals surface area contributed by atoms with Crippen LogP contribution >= 0.6 is 35.0 Å². The van der Waals surface area contributed by atoms with Crippen LogP contribution < -0.4 is 5.32 Å². The minimum Gasteiger partial charge on any atom is -0.462 e. The monoisotopic (exact) mass is 938 g/mol. The molecule has 2 aliphatic rings. The Morgan fingerprint density at radius 1 is 0.839 bits per heavy atom. The number of hydrogen-bond donors (Lipinski definition) is 1. The van der Waals surface area contributed by atoms with E-state index in [-0.39, 0.29) is 58.1 Å². The van der Waals surface area contributed by atoms with Gasteiger partial charge in [0, 0.05) is 29.7 Å². The average molecular weight is 940 g/mol. The van der Waals surface area contributed by atoms with Crippen molar-refractivity contribution in [3.8, 4) is 0 Å². The number of benzene rings is 2. The summed E-state index contributed by atoms with van der Waals surface area (Å²) in [6.45, 7) is 7.86. The van der Waals surface area contributed by atoms with Crippen LogP contribution in [0.2, 0.25) is 10.0 Å². The van der Waals surface area contributed by atoms with Crippen LogP contribution in [0.3, 0.4) is 0 Å². The number of rotatable bonds is 28. The molecule has 2 heterocycles. The Kier molecular flexibility index (Phi) is 20.8. The third kappa shape index (κ3) is 14.1. The molecule has 344 valence electrons. The van der Waals surface area contributed by atoms with Crippen LogP contribution in [0, 0.1) is 0 Å². The number of thioether (sulfide) groups is 1. The third-order valence-electron chi connectivity index (χ3n) is 10.8. The second-order valence-corrected chi connectivity index (χ2v) is 19.7. The molecule has 17 heteroatoms. The number of cyclic esters (lactones) is 1. The number of carbonyl (C=O) groups is 4. The van der Waals surface area contributed by atoms with Gasteiger partial charge in [0.2, 0.25) is 0 Å². The number of sulfonamides is 1. The van der Waals surface area contributed by atoms with E-state index in [1.807, 2.05) is 0 Å². The number of unbranched alkanes of at least 4 members (excludes halogenated alkanes) is 14.